The molecule has 2 aromatic heterocycles. The number of esters is 1. The average Bonchev–Trinajstić information content (AvgIpc) is 3.25. The SMILES string of the molecule is CCN1CCN(c2cc3c(C(=O)Cc4c(Cl)cncc4Cl)ccc(C(=O)OC)c3o2)CC1. The normalized spacial score (nSPS) is 14.7. The van der Waals surface area contributed by atoms with Crippen LogP contribution in [-0.4, -0.2) is 61.5 Å². The number of likely N-dealkylation sites (N-methyl/N-ethyl adjacent to an activating group) is 1. The Morgan fingerprint density at radius 3 is 2.38 bits per heavy atom. The lowest BCUT2D eigenvalue weighted by atomic mass is 9.98. The van der Waals surface area contributed by atoms with E-state index in [1.165, 1.54) is 19.5 Å². The Morgan fingerprint density at radius 2 is 1.75 bits per heavy atom. The molecule has 9 heteroatoms. The molecule has 0 atom stereocenters. The number of nitrogens with zero attached hydrogens (tertiary/aromatic N) is 3. The van der Waals surface area contributed by atoms with Gasteiger partial charge in [-0.2, -0.15) is 0 Å². The van der Waals surface area contributed by atoms with Crippen molar-refractivity contribution < 1.29 is 18.7 Å². The Bertz CT molecular complexity index is 1150. The van der Waals surface area contributed by atoms with Gasteiger partial charge in [0.15, 0.2) is 17.3 Å². The Kier molecular flexibility index (Phi) is 6.69. The second-order valence-corrected chi connectivity index (χ2v) is 8.40. The van der Waals surface area contributed by atoms with Gasteiger partial charge in [0.25, 0.3) is 0 Å². The van der Waals surface area contributed by atoms with Crippen LogP contribution in [0.25, 0.3) is 11.0 Å². The molecule has 4 rings (SSSR count). The number of anilines is 1. The molecule has 32 heavy (non-hydrogen) atoms. The van der Waals surface area contributed by atoms with E-state index in [2.05, 4.69) is 21.7 Å². The van der Waals surface area contributed by atoms with Crippen LogP contribution in [0.1, 0.15) is 33.2 Å². The van der Waals surface area contributed by atoms with Crippen LogP contribution < -0.4 is 4.90 Å². The monoisotopic (exact) mass is 475 g/mol. The third-order valence-corrected chi connectivity index (χ3v) is 6.45. The molecule has 1 aliphatic rings. The first-order valence-electron chi connectivity index (χ1n) is 10.4. The zero-order valence-electron chi connectivity index (χ0n) is 17.9. The minimum Gasteiger partial charge on any atom is -0.465 e. The number of benzene rings is 1. The number of aromatic nitrogens is 1. The number of methoxy groups -OCH3 is 1. The molecule has 1 aromatic carbocycles. The summed E-state index contributed by atoms with van der Waals surface area (Å²) >= 11 is 12.4. The number of hydrogen-bond donors (Lipinski definition) is 0. The Hall–Kier alpha value is -2.61. The molecule has 1 saturated heterocycles. The van der Waals surface area contributed by atoms with Crippen molar-refractivity contribution in [2.45, 2.75) is 13.3 Å². The minimum absolute atomic E-state index is 0.00252. The molecule has 0 bridgehead atoms. The van der Waals surface area contributed by atoms with Crippen molar-refractivity contribution in [2.24, 2.45) is 0 Å². The van der Waals surface area contributed by atoms with Crippen LogP contribution in [0.2, 0.25) is 10.0 Å². The summed E-state index contributed by atoms with van der Waals surface area (Å²) in [6.07, 6.45) is 2.92. The van der Waals surface area contributed by atoms with Gasteiger partial charge in [-0.3, -0.25) is 9.78 Å². The molecule has 0 amide bonds. The number of halogens is 2. The van der Waals surface area contributed by atoms with Gasteiger partial charge in [-0.15, -0.1) is 0 Å². The van der Waals surface area contributed by atoms with Crippen LogP contribution in [0, 0.1) is 0 Å². The highest BCUT2D eigenvalue weighted by Crippen LogP contribution is 2.34. The summed E-state index contributed by atoms with van der Waals surface area (Å²) in [5.41, 5.74) is 1.55. The van der Waals surface area contributed by atoms with E-state index in [1.54, 1.807) is 12.1 Å². The third-order valence-electron chi connectivity index (χ3n) is 5.80. The highest BCUT2D eigenvalue weighted by atomic mass is 35.5. The van der Waals surface area contributed by atoms with Crippen molar-refractivity contribution in [3.8, 4) is 0 Å². The van der Waals surface area contributed by atoms with Crippen molar-refractivity contribution in [3.63, 3.8) is 0 Å². The largest absolute Gasteiger partial charge is 0.465 e. The van der Waals surface area contributed by atoms with E-state index in [0.717, 1.165) is 32.7 Å². The highest BCUT2D eigenvalue weighted by molar-refractivity contribution is 6.36. The smallest absolute Gasteiger partial charge is 0.341 e. The van der Waals surface area contributed by atoms with Crippen molar-refractivity contribution >= 4 is 51.8 Å². The molecule has 0 radical (unpaired) electrons. The third kappa shape index (κ3) is 4.33. The molecule has 0 N–H and O–H groups in total. The van der Waals surface area contributed by atoms with Crippen molar-refractivity contribution in [2.75, 3.05) is 44.7 Å². The average molecular weight is 476 g/mol. The molecule has 0 spiro atoms. The lowest BCUT2D eigenvalue weighted by Crippen LogP contribution is -2.46. The lowest BCUT2D eigenvalue weighted by molar-refractivity contribution is 0.0601. The number of piperazine rings is 1. The van der Waals surface area contributed by atoms with E-state index >= 15 is 0 Å². The molecular weight excluding hydrogens is 453 g/mol. The summed E-state index contributed by atoms with van der Waals surface area (Å²) in [5.74, 6) is -0.0865. The van der Waals surface area contributed by atoms with Gasteiger partial charge in [0.1, 0.15) is 5.56 Å². The second kappa shape index (κ2) is 9.48. The van der Waals surface area contributed by atoms with Gasteiger partial charge < -0.3 is 19.0 Å². The number of fused-ring (bicyclic) bond motifs is 1. The topological polar surface area (TPSA) is 75.9 Å². The summed E-state index contributed by atoms with van der Waals surface area (Å²) in [6, 6.07) is 5.00. The first-order valence-corrected chi connectivity index (χ1v) is 11.1. The summed E-state index contributed by atoms with van der Waals surface area (Å²) in [5, 5.41) is 1.22. The number of hydrogen-bond acceptors (Lipinski definition) is 7. The maximum absolute atomic E-state index is 13.2. The highest BCUT2D eigenvalue weighted by Gasteiger charge is 2.25. The zero-order chi connectivity index (χ0) is 22.8. The number of ketones is 1. The fraction of sp³-hybridized carbons (Fsp3) is 0.348. The Balaban J connectivity index is 1.73. The van der Waals surface area contributed by atoms with Gasteiger partial charge in [-0.25, -0.2) is 4.79 Å². The van der Waals surface area contributed by atoms with Crippen molar-refractivity contribution in [3.05, 3.63) is 57.3 Å². The van der Waals surface area contributed by atoms with E-state index in [9.17, 15) is 9.59 Å². The van der Waals surface area contributed by atoms with Crippen LogP contribution in [0.5, 0.6) is 0 Å². The fourth-order valence-electron chi connectivity index (χ4n) is 3.93. The molecule has 0 saturated carbocycles. The number of rotatable bonds is 6. The van der Waals surface area contributed by atoms with Crippen LogP contribution in [0.3, 0.4) is 0 Å². The van der Waals surface area contributed by atoms with Crippen LogP contribution in [-0.2, 0) is 11.2 Å². The zero-order valence-corrected chi connectivity index (χ0v) is 19.4. The first-order chi connectivity index (χ1) is 15.4. The predicted octanol–water partition coefficient (Wildman–Crippen LogP) is 4.49. The van der Waals surface area contributed by atoms with Gasteiger partial charge in [0.2, 0.25) is 0 Å². The van der Waals surface area contributed by atoms with E-state index in [4.69, 9.17) is 32.4 Å². The molecule has 0 aliphatic carbocycles. The van der Waals surface area contributed by atoms with Crippen molar-refractivity contribution in [1.82, 2.24) is 9.88 Å². The predicted molar refractivity (Wildman–Crippen MR) is 124 cm³/mol. The maximum atomic E-state index is 13.2. The molecule has 1 aliphatic heterocycles. The summed E-state index contributed by atoms with van der Waals surface area (Å²) in [4.78, 5) is 34.0. The Labute approximate surface area is 195 Å². The van der Waals surface area contributed by atoms with Gasteiger partial charge in [-0.1, -0.05) is 30.1 Å². The second-order valence-electron chi connectivity index (χ2n) is 7.58. The molecule has 3 heterocycles. The molecule has 7 nitrogen and oxygen atoms in total. The molecule has 1 fully saturated rings. The lowest BCUT2D eigenvalue weighted by Gasteiger charge is -2.33. The number of ether oxygens (including phenoxy) is 1. The van der Waals surface area contributed by atoms with Gasteiger partial charge in [0, 0.05) is 67.6 Å². The number of pyridine rings is 1. The van der Waals surface area contributed by atoms with Gasteiger partial charge in [-0.05, 0) is 18.7 Å². The van der Waals surface area contributed by atoms with Crippen LogP contribution in [0.15, 0.2) is 35.0 Å². The summed E-state index contributed by atoms with van der Waals surface area (Å²) < 4.78 is 11.0. The Morgan fingerprint density at radius 1 is 1.09 bits per heavy atom. The van der Waals surface area contributed by atoms with Gasteiger partial charge in [0.05, 0.1) is 17.2 Å². The van der Waals surface area contributed by atoms with Crippen LogP contribution >= 0.6 is 23.2 Å². The number of Topliss-reactive ketones (excluding diaryl/α,β-unsaturated/α-hetero) is 1. The first kappa shape index (κ1) is 22.6. The standard InChI is InChI=1S/C23H23Cl2N3O4/c1-3-27-6-8-28(9-7-27)21-11-16-14(4-5-15(22(16)32-21)23(30)31-2)20(29)10-17-18(24)12-26-13-19(17)25/h4-5,11-13H,3,6-10H2,1-2H3. The molecule has 0 unspecified atom stereocenters. The van der Waals surface area contributed by atoms with E-state index in [-0.39, 0.29) is 17.8 Å². The quantitative estimate of drug-likeness (QED) is 0.383. The number of carbonyl (C=O) groups is 2. The van der Waals surface area contributed by atoms with E-state index < -0.39 is 5.97 Å². The fourth-order valence-corrected chi connectivity index (χ4v) is 4.43. The maximum Gasteiger partial charge on any atom is 0.341 e. The summed E-state index contributed by atoms with van der Waals surface area (Å²) in [6.45, 7) is 6.57. The van der Waals surface area contributed by atoms with Gasteiger partial charge >= 0.3 is 5.97 Å². The number of carbonyl (C=O) groups excluding carboxylic acids is 2. The summed E-state index contributed by atoms with van der Waals surface area (Å²) in [7, 11) is 1.31. The number of furan rings is 1. The van der Waals surface area contributed by atoms with Crippen LogP contribution in [0.4, 0.5) is 5.88 Å². The minimum atomic E-state index is -0.522. The molecular formula is C23H23Cl2N3O4. The molecule has 3 aromatic rings. The van der Waals surface area contributed by atoms with Crippen molar-refractivity contribution in [1.29, 1.82) is 0 Å². The van der Waals surface area contributed by atoms with E-state index in [1.807, 2.05) is 6.07 Å². The van der Waals surface area contributed by atoms with E-state index in [0.29, 0.717) is 38.0 Å². The molecule has 168 valence electrons.